The molecule has 2 amide bonds. The van der Waals surface area contributed by atoms with Gasteiger partial charge in [0.05, 0.1) is 5.75 Å². The zero-order chi connectivity index (χ0) is 20.1. The van der Waals surface area contributed by atoms with Crippen LogP contribution in [0.4, 0.5) is 10.8 Å². The number of amides is 2. The molecule has 0 radical (unpaired) electrons. The molecule has 9 heteroatoms. The standard InChI is InChI=1S/C19H17ClN4O2S2/c1-11-5-3-4-6-14(11)17(26)22-18-23-24-19(28-18)27-10-16(25)21-13-8-7-12(2)15(20)9-13/h3-9H,10H2,1-2H3,(H,21,25)(H,22,23,26). The number of nitrogens with one attached hydrogen (secondary N) is 2. The highest BCUT2D eigenvalue weighted by Crippen LogP contribution is 2.26. The Hall–Kier alpha value is -2.42. The first-order chi connectivity index (χ1) is 13.4. The zero-order valence-corrected chi connectivity index (χ0v) is 17.5. The van der Waals surface area contributed by atoms with Crippen LogP contribution in [0.1, 0.15) is 21.5 Å². The average molecular weight is 433 g/mol. The van der Waals surface area contributed by atoms with Gasteiger partial charge in [0.2, 0.25) is 11.0 Å². The van der Waals surface area contributed by atoms with Crippen molar-refractivity contribution in [2.45, 2.75) is 18.2 Å². The van der Waals surface area contributed by atoms with Gasteiger partial charge in [0.1, 0.15) is 0 Å². The van der Waals surface area contributed by atoms with Gasteiger partial charge >= 0.3 is 0 Å². The minimum atomic E-state index is -0.236. The van der Waals surface area contributed by atoms with Crippen LogP contribution in [0.15, 0.2) is 46.8 Å². The lowest BCUT2D eigenvalue weighted by atomic mass is 10.1. The largest absolute Gasteiger partial charge is 0.325 e. The van der Waals surface area contributed by atoms with Gasteiger partial charge < -0.3 is 5.32 Å². The monoisotopic (exact) mass is 432 g/mol. The van der Waals surface area contributed by atoms with Gasteiger partial charge in [0.25, 0.3) is 5.91 Å². The highest BCUT2D eigenvalue weighted by molar-refractivity contribution is 8.01. The van der Waals surface area contributed by atoms with Crippen LogP contribution in [0, 0.1) is 13.8 Å². The zero-order valence-electron chi connectivity index (χ0n) is 15.2. The van der Waals surface area contributed by atoms with Crippen molar-refractivity contribution in [3.8, 4) is 0 Å². The number of anilines is 2. The lowest BCUT2D eigenvalue weighted by Crippen LogP contribution is -2.13. The minimum absolute atomic E-state index is 0.172. The quantitative estimate of drug-likeness (QED) is 0.432. The molecule has 28 heavy (non-hydrogen) atoms. The fraction of sp³-hybridized carbons (Fsp3) is 0.158. The Labute approximate surface area is 175 Å². The van der Waals surface area contributed by atoms with Crippen LogP contribution < -0.4 is 10.6 Å². The molecule has 0 aliphatic carbocycles. The molecular formula is C19H17ClN4O2S2. The molecule has 2 N–H and O–H groups in total. The van der Waals surface area contributed by atoms with Crippen LogP contribution in [0.5, 0.6) is 0 Å². The van der Waals surface area contributed by atoms with E-state index in [1.54, 1.807) is 18.2 Å². The van der Waals surface area contributed by atoms with Gasteiger partial charge in [0.15, 0.2) is 4.34 Å². The lowest BCUT2D eigenvalue weighted by molar-refractivity contribution is -0.113. The minimum Gasteiger partial charge on any atom is -0.325 e. The molecule has 0 atom stereocenters. The molecule has 0 aliphatic rings. The van der Waals surface area contributed by atoms with Gasteiger partial charge in [-0.2, -0.15) is 0 Å². The first-order valence-electron chi connectivity index (χ1n) is 8.31. The van der Waals surface area contributed by atoms with Gasteiger partial charge in [-0.1, -0.05) is 59.0 Å². The highest BCUT2D eigenvalue weighted by atomic mass is 35.5. The Bertz CT molecular complexity index is 1020. The van der Waals surface area contributed by atoms with Crippen LogP contribution >= 0.6 is 34.7 Å². The number of carbonyl (C=O) groups is 2. The van der Waals surface area contributed by atoms with Crippen molar-refractivity contribution in [2.75, 3.05) is 16.4 Å². The number of hydrogen-bond acceptors (Lipinski definition) is 6. The lowest BCUT2D eigenvalue weighted by Gasteiger charge is -2.06. The molecule has 0 saturated heterocycles. The number of hydrogen-bond donors (Lipinski definition) is 2. The summed E-state index contributed by atoms with van der Waals surface area (Å²) in [6.07, 6.45) is 0. The van der Waals surface area contributed by atoms with E-state index in [9.17, 15) is 9.59 Å². The number of carbonyl (C=O) groups excluding carboxylic acids is 2. The number of halogens is 1. The van der Waals surface area contributed by atoms with Crippen LogP contribution in [0.25, 0.3) is 0 Å². The van der Waals surface area contributed by atoms with E-state index in [1.165, 1.54) is 23.1 Å². The Balaban J connectivity index is 1.53. The number of benzene rings is 2. The average Bonchev–Trinajstić information content (AvgIpc) is 3.11. The molecule has 2 aromatic carbocycles. The van der Waals surface area contributed by atoms with Crippen LogP contribution in [-0.2, 0) is 4.79 Å². The fourth-order valence-corrected chi connectivity index (χ4v) is 4.03. The molecule has 1 heterocycles. The summed E-state index contributed by atoms with van der Waals surface area (Å²) in [5, 5.41) is 14.5. The maximum atomic E-state index is 12.3. The number of aromatic nitrogens is 2. The molecule has 0 unspecified atom stereocenters. The van der Waals surface area contributed by atoms with Gasteiger partial charge in [-0.15, -0.1) is 10.2 Å². The van der Waals surface area contributed by atoms with Gasteiger partial charge in [-0.25, -0.2) is 0 Å². The smallest absolute Gasteiger partial charge is 0.257 e. The van der Waals surface area contributed by atoms with Crippen LogP contribution in [0.3, 0.4) is 0 Å². The predicted molar refractivity (Wildman–Crippen MR) is 115 cm³/mol. The number of rotatable bonds is 6. The van der Waals surface area contributed by atoms with E-state index >= 15 is 0 Å². The van der Waals surface area contributed by atoms with E-state index in [1.807, 2.05) is 38.1 Å². The highest BCUT2D eigenvalue weighted by Gasteiger charge is 2.13. The van der Waals surface area contributed by atoms with Gasteiger partial charge in [-0.05, 0) is 43.2 Å². The Morgan fingerprint density at radius 3 is 2.61 bits per heavy atom. The van der Waals surface area contributed by atoms with Crippen molar-refractivity contribution >= 4 is 57.3 Å². The topological polar surface area (TPSA) is 84.0 Å². The Morgan fingerprint density at radius 1 is 1.07 bits per heavy atom. The normalized spacial score (nSPS) is 10.5. The van der Waals surface area contributed by atoms with Crippen molar-refractivity contribution < 1.29 is 9.59 Å². The van der Waals surface area contributed by atoms with Gasteiger partial charge in [-0.3, -0.25) is 14.9 Å². The maximum absolute atomic E-state index is 12.3. The molecule has 6 nitrogen and oxygen atoms in total. The summed E-state index contributed by atoms with van der Waals surface area (Å²) in [4.78, 5) is 24.4. The molecule has 0 bridgehead atoms. The number of thioether (sulfide) groups is 1. The van der Waals surface area contributed by atoms with Crippen LogP contribution in [-0.4, -0.2) is 27.8 Å². The van der Waals surface area contributed by atoms with Crippen molar-refractivity contribution in [3.63, 3.8) is 0 Å². The van der Waals surface area contributed by atoms with E-state index in [-0.39, 0.29) is 17.6 Å². The Morgan fingerprint density at radius 2 is 1.86 bits per heavy atom. The predicted octanol–water partition coefficient (Wildman–Crippen LogP) is 4.79. The van der Waals surface area contributed by atoms with Crippen molar-refractivity contribution in [2.24, 2.45) is 0 Å². The summed E-state index contributed by atoms with van der Waals surface area (Å²) >= 11 is 8.53. The molecule has 144 valence electrons. The molecule has 3 aromatic rings. The molecule has 1 aromatic heterocycles. The first kappa shape index (κ1) is 20.3. The van der Waals surface area contributed by atoms with E-state index < -0.39 is 0 Å². The molecule has 0 aliphatic heterocycles. The third-order valence-electron chi connectivity index (χ3n) is 3.80. The molecule has 0 fully saturated rings. The summed E-state index contributed by atoms with van der Waals surface area (Å²) in [6.45, 7) is 3.77. The van der Waals surface area contributed by atoms with E-state index in [4.69, 9.17) is 11.6 Å². The first-order valence-corrected chi connectivity index (χ1v) is 10.5. The van der Waals surface area contributed by atoms with Crippen molar-refractivity contribution in [1.82, 2.24) is 10.2 Å². The maximum Gasteiger partial charge on any atom is 0.257 e. The van der Waals surface area contributed by atoms with Gasteiger partial charge in [0, 0.05) is 16.3 Å². The second-order valence-corrected chi connectivity index (χ2v) is 8.55. The summed E-state index contributed by atoms with van der Waals surface area (Å²) < 4.78 is 0.595. The molecule has 0 spiro atoms. The van der Waals surface area contributed by atoms with E-state index in [0.29, 0.717) is 25.7 Å². The fourth-order valence-electron chi connectivity index (χ4n) is 2.31. The third kappa shape index (κ3) is 5.31. The summed E-state index contributed by atoms with van der Waals surface area (Å²) in [6, 6.07) is 12.7. The van der Waals surface area contributed by atoms with Crippen molar-refractivity contribution in [1.29, 1.82) is 0 Å². The van der Waals surface area contributed by atoms with E-state index in [0.717, 1.165) is 11.1 Å². The number of aryl methyl sites for hydroxylation is 2. The number of nitrogens with zero attached hydrogens (tertiary/aromatic N) is 2. The second kappa shape index (κ2) is 9.18. The van der Waals surface area contributed by atoms with Crippen LogP contribution in [0.2, 0.25) is 5.02 Å². The third-order valence-corrected chi connectivity index (χ3v) is 6.18. The molecular weight excluding hydrogens is 416 g/mol. The molecule has 3 rings (SSSR count). The SMILES string of the molecule is Cc1ccc(NC(=O)CSc2nnc(NC(=O)c3ccccc3C)s2)cc1Cl. The summed E-state index contributed by atoms with van der Waals surface area (Å²) in [5.41, 5.74) is 3.06. The Kier molecular flexibility index (Phi) is 6.66. The van der Waals surface area contributed by atoms with E-state index in [2.05, 4.69) is 20.8 Å². The second-order valence-electron chi connectivity index (χ2n) is 5.94. The summed E-state index contributed by atoms with van der Waals surface area (Å²) in [5.74, 6) is -0.239. The van der Waals surface area contributed by atoms with Crippen molar-refractivity contribution in [3.05, 3.63) is 64.2 Å². The summed E-state index contributed by atoms with van der Waals surface area (Å²) in [7, 11) is 0. The molecule has 0 saturated carbocycles.